The van der Waals surface area contributed by atoms with Crippen LogP contribution in [0.25, 0.3) is 11.3 Å². The molecule has 0 bridgehead atoms. The Kier molecular flexibility index (Phi) is 6.13. The number of halogens is 2. The van der Waals surface area contributed by atoms with Crippen LogP contribution in [0.15, 0.2) is 64.1 Å². The van der Waals surface area contributed by atoms with Gasteiger partial charge in [0, 0.05) is 10.6 Å². The van der Waals surface area contributed by atoms with Crippen LogP contribution < -0.4 is 5.43 Å². The van der Waals surface area contributed by atoms with Crippen LogP contribution in [-0.4, -0.2) is 25.2 Å². The molecule has 0 unspecified atom stereocenters. The van der Waals surface area contributed by atoms with Crippen LogP contribution in [0.4, 0.5) is 0 Å². The minimum Gasteiger partial charge on any atom is -0.465 e. The number of benzene rings is 2. The monoisotopic (exact) mass is 416 g/mol. The second-order valence-corrected chi connectivity index (χ2v) is 6.44. The van der Waals surface area contributed by atoms with Crippen molar-refractivity contribution in [3.8, 4) is 11.3 Å². The molecule has 0 saturated carbocycles. The number of methoxy groups -OCH3 is 1. The van der Waals surface area contributed by atoms with E-state index in [2.05, 4.69) is 10.5 Å². The zero-order chi connectivity index (χ0) is 20.1. The van der Waals surface area contributed by atoms with E-state index in [1.54, 1.807) is 42.5 Å². The van der Waals surface area contributed by atoms with E-state index in [0.717, 1.165) is 0 Å². The Morgan fingerprint density at radius 1 is 1.11 bits per heavy atom. The molecule has 0 aliphatic rings. The third-order valence-electron chi connectivity index (χ3n) is 3.73. The number of hydrazone groups is 1. The van der Waals surface area contributed by atoms with Crippen LogP contribution in [0.3, 0.4) is 0 Å². The predicted octanol–water partition coefficient (Wildman–Crippen LogP) is 4.80. The Hall–Kier alpha value is -3.09. The van der Waals surface area contributed by atoms with Crippen LogP contribution in [0.5, 0.6) is 0 Å². The number of ether oxygens (including phenoxy) is 1. The summed E-state index contributed by atoms with van der Waals surface area (Å²) >= 11 is 11.8. The fourth-order valence-corrected chi connectivity index (χ4v) is 2.88. The van der Waals surface area contributed by atoms with Crippen LogP contribution in [0, 0.1) is 0 Å². The van der Waals surface area contributed by atoms with Gasteiger partial charge in [0.15, 0.2) is 0 Å². The van der Waals surface area contributed by atoms with Crippen LogP contribution in [0.1, 0.15) is 26.5 Å². The molecule has 142 valence electrons. The number of amides is 1. The van der Waals surface area contributed by atoms with Crippen LogP contribution >= 0.6 is 23.2 Å². The largest absolute Gasteiger partial charge is 0.465 e. The van der Waals surface area contributed by atoms with Gasteiger partial charge in [-0.3, -0.25) is 4.79 Å². The van der Waals surface area contributed by atoms with Gasteiger partial charge in [-0.15, -0.1) is 0 Å². The number of nitrogens with one attached hydrogen (secondary N) is 1. The van der Waals surface area contributed by atoms with Gasteiger partial charge in [0.05, 0.1) is 29.5 Å². The maximum Gasteiger partial charge on any atom is 0.337 e. The number of carbonyl (C=O) groups is 2. The average Bonchev–Trinajstić information content (AvgIpc) is 3.16. The van der Waals surface area contributed by atoms with Crippen molar-refractivity contribution < 1.29 is 18.7 Å². The lowest BCUT2D eigenvalue weighted by Crippen LogP contribution is -2.17. The molecule has 0 atom stereocenters. The first-order valence-electron chi connectivity index (χ1n) is 8.05. The Balaban J connectivity index is 1.69. The lowest BCUT2D eigenvalue weighted by atomic mass is 10.1. The van der Waals surface area contributed by atoms with Gasteiger partial charge in [-0.2, -0.15) is 5.10 Å². The first kappa shape index (κ1) is 19.7. The normalized spacial score (nSPS) is 10.8. The Labute approximate surface area is 170 Å². The molecular weight excluding hydrogens is 403 g/mol. The third kappa shape index (κ3) is 4.60. The van der Waals surface area contributed by atoms with E-state index < -0.39 is 11.9 Å². The molecule has 1 heterocycles. The lowest BCUT2D eigenvalue weighted by Gasteiger charge is -2.02. The van der Waals surface area contributed by atoms with Crippen molar-refractivity contribution in [3.05, 3.63) is 81.5 Å². The van der Waals surface area contributed by atoms with E-state index in [4.69, 9.17) is 32.4 Å². The van der Waals surface area contributed by atoms with E-state index in [-0.39, 0.29) is 10.6 Å². The molecule has 0 fully saturated rings. The first-order chi connectivity index (χ1) is 13.5. The van der Waals surface area contributed by atoms with Gasteiger partial charge < -0.3 is 9.15 Å². The fourth-order valence-electron chi connectivity index (χ4n) is 2.38. The minimum absolute atomic E-state index is 0.228. The van der Waals surface area contributed by atoms with E-state index >= 15 is 0 Å². The van der Waals surface area contributed by atoms with Gasteiger partial charge in [-0.05, 0) is 42.5 Å². The summed E-state index contributed by atoms with van der Waals surface area (Å²) in [5.41, 5.74) is 3.75. The number of esters is 1. The molecule has 0 saturated heterocycles. The molecule has 3 rings (SSSR count). The molecule has 1 aromatic heterocycles. The topological polar surface area (TPSA) is 80.9 Å². The second kappa shape index (κ2) is 8.73. The van der Waals surface area contributed by atoms with Crippen molar-refractivity contribution in [2.75, 3.05) is 7.11 Å². The minimum atomic E-state index is -0.476. The highest BCUT2D eigenvalue weighted by Crippen LogP contribution is 2.23. The zero-order valence-electron chi connectivity index (χ0n) is 14.6. The van der Waals surface area contributed by atoms with Crippen molar-refractivity contribution in [1.29, 1.82) is 0 Å². The summed E-state index contributed by atoms with van der Waals surface area (Å²) in [6.45, 7) is 0. The molecule has 6 nitrogen and oxygen atoms in total. The van der Waals surface area contributed by atoms with Crippen LogP contribution in [0.2, 0.25) is 10.0 Å². The summed E-state index contributed by atoms with van der Waals surface area (Å²) in [5, 5.41) is 4.53. The number of nitrogens with zero attached hydrogens (tertiary/aromatic N) is 1. The summed E-state index contributed by atoms with van der Waals surface area (Å²) in [5.74, 6) is 0.0505. The van der Waals surface area contributed by atoms with Crippen molar-refractivity contribution in [2.45, 2.75) is 0 Å². The molecule has 0 spiro atoms. The van der Waals surface area contributed by atoms with E-state index in [0.29, 0.717) is 27.7 Å². The van der Waals surface area contributed by atoms with Gasteiger partial charge >= 0.3 is 5.97 Å². The molecule has 28 heavy (non-hydrogen) atoms. The quantitative estimate of drug-likeness (QED) is 0.367. The highest BCUT2D eigenvalue weighted by Gasteiger charge is 2.11. The molecule has 0 aliphatic carbocycles. The van der Waals surface area contributed by atoms with Gasteiger partial charge in [-0.25, -0.2) is 10.2 Å². The standard InChI is InChI=1S/C20H14Cl2N2O4/c1-27-20(26)13-4-2-3-12(9-13)18-8-6-15(28-18)11-23-24-19(25)16-7-5-14(21)10-17(16)22/h2-11H,1H3,(H,24,25)/b23-11+. The number of furan rings is 1. The Morgan fingerprint density at radius 3 is 2.68 bits per heavy atom. The van der Waals surface area contributed by atoms with Gasteiger partial charge in [0.25, 0.3) is 5.91 Å². The molecular formula is C20H14Cl2N2O4. The van der Waals surface area contributed by atoms with E-state index in [1.807, 2.05) is 0 Å². The molecule has 1 amide bonds. The number of hydrogen-bond acceptors (Lipinski definition) is 5. The molecule has 0 radical (unpaired) electrons. The molecule has 8 heteroatoms. The van der Waals surface area contributed by atoms with Crippen molar-refractivity contribution in [1.82, 2.24) is 5.43 Å². The fraction of sp³-hybridized carbons (Fsp3) is 0.0500. The summed E-state index contributed by atoms with van der Waals surface area (Å²) < 4.78 is 10.4. The van der Waals surface area contributed by atoms with Gasteiger partial charge in [0.2, 0.25) is 0 Å². The average molecular weight is 417 g/mol. The third-order valence-corrected chi connectivity index (χ3v) is 4.28. The van der Waals surface area contributed by atoms with E-state index in [9.17, 15) is 9.59 Å². The number of carbonyl (C=O) groups excluding carboxylic acids is 2. The maximum absolute atomic E-state index is 12.1. The molecule has 1 N–H and O–H groups in total. The van der Waals surface area contributed by atoms with Gasteiger partial charge in [-0.1, -0.05) is 35.3 Å². The summed E-state index contributed by atoms with van der Waals surface area (Å²) in [6.07, 6.45) is 1.36. The smallest absolute Gasteiger partial charge is 0.337 e. The highest BCUT2D eigenvalue weighted by molar-refractivity contribution is 6.36. The zero-order valence-corrected chi connectivity index (χ0v) is 16.1. The summed E-state index contributed by atoms with van der Waals surface area (Å²) in [4.78, 5) is 23.7. The van der Waals surface area contributed by atoms with Crippen molar-refractivity contribution >= 4 is 41.3 Å². The summed E-state index contributed by atoms with van der Waals surface area (Å²) in [7, 11) is 1.32. The second-order valence-electron chi connectivity index (χ2n) is 5.60. The van der Waals surface area contributed by atoms with Crippen molar-refractivity contribution in [3.63, 3.8) is 0 Å². The molecule has 3 aromatic rings. The predicted molar refractivity (Wildman–Crippen MR) is 107 cm³/mol. The Morgan fingerprint density at radius 2 is 1.93 bits per heavy atom. The van der Waals surface area contributed by atoms with E-state index in [1.165, 1.54) is 25.5 Å². The molecule has 0 aliphatic heterocycles. The van der Waals surface area contributed by atoms with Gasteiger partial charge in [0.1, 0.15) is 11.5 Å². The molecule has 2 aromatic carbocycles. The SMILES string of the molecule is COC(=O)c1cccc(-c2ccc(/C=N/NC(=O)c3ccc(Cl)cc3Cl)o2)c1. The number of rotatable bonds is 5. The highest BCUT2D eigenvalue weighted by atomic mass is 35.5. The first-order valence-corrected chi connectivity index (χ1v) is 8.80. The lowest BCUT2D eigenvalue weighted by molar-refractivity contribution is 0.0600. The van der Waals surface area contributed by atoms with Crippen LogP contribution in [-0.2, 0) is 4.74 Å². The Bertz CT molecular complexity index is 1060. The maximum atomic E-state index is 12.1. The van der Waals surface area contributed by atoms with Crippen molar-refractivity contribution in [2.24, 2.45) is 5.10 Å². The number of hydrogen-bond donors (Lipinski definition) is 1. The summed E-state index contributed by atoms with van der Waals surface area (Å²) in [6, 6.07) is 14.8.